The Morgan fingerprint density at radius 1 is 0.741 bits per heavy atom. The molecule has 0 heterocycles. The fourth-order valence-electron chi connectivity index (χ4n) is 3.43. The molecule has 0 N–H and O–H groups in total. The van der Waals surface area contributed by atoms with Gasteiger partial charge in [0, 0.05) is 11.6 Å². The summed E-state index contributed by atoms with van der Waals surface area (Å²) in [6, 6.07) is 26.6. The van der Waals surface area contributed by atoms with Crippen molar-refractivity contribution in [3.05, 3.63) is 90.5 Å². The molecule has 0 atom stereocenters. The summed E-state index contributed by atoms with van der Waals surface area (Å²) in [6.07, 6.45) is 1.52. The molecule has 0 saturated heterocycles. The average molecular weight is 352 g/mol. The molecule has 0 unspecified atom stereocenters. The molecular formula is C25H20O2. The molecule has 0 aliphatic heterocycles. The Labute approximate surface area is 158 Å². The van der Waals surface area contributed by atoms with Crippen molar-refractivity contribution in [2.24, 2.45) is 0 Å². The van der Waals surface area contributed by atoms with E-state index < -0.39 is 0 Å². The summed E-state index contributed by atoms with van der Waals surface area (Å²) in [4.78, 5) is 12.3. The van der Waals surface area contributed by atoms with E-state index in [-0.39, 0.29) is 5.97 Å². The average Bonchev–Trinajstić information content (AvgIpc) is 2.67. The molecule has 4 aromatic carbocycles. The van der Waals surface area contributed by atoms with Gasteiger partial charge in [-0.25, -0.2) is 4.79 Å². The predicted octanol–water partition coefficient (Wildman–Crippen LogP) is 6.53. The maximum absolute atomic E-state index is 12.3. The molecule has 4 aromatic rings. The van der Waals surface area contributed by atoms with Crippen molar-refractivity contribution in [2.45, 2.75) is 13.8 Å². The first-order valence-corrected chi connectivity index (χ1v) is 9.00. The number of allylic oxidation sites excluding steroid dienone is 1. The van der Waals surface area contributed by atoms with Gasteiger partial charge in [0.2, 0.25) is 0 Å². The van der Waals surface area contributed by atoms with Crippen LogP contribution in [0.5, 0.6) is 5.75 Å². The number of hydrogen-bond acceptors (Lipinski definition) is 2. The number of ether oxygens (including phenoxy) is 1. The fraction of sp³-hybridized carbons (Fsp3) is 0.0800. The van der Waals surface area contributed by atoms with Gasteiger partial charge in [0.25, 0.3) is 0 Å². The number of hydrogen-bond donors (Lipinski definition) is 0. The van der Waals surface area contributed by atoms with Crippen LogP contribution in [0.25, 0.3) is 32.7 Å². The molecule has 4 rings (SSSR count). The Morgan fingerprint density at radius 2 is 1.37 bits per heavy atom. The molecule has 0 aliphatic carbocycles. The van der Waals surface area contributed by atoms with Crippen LogP contribution in [0, 0.1) is 0 Å². The largest absolute Gasteiger partial charge is 0.423 e. The van der Waals surface area contributed by atoms with E-state index in [0.29, 0.717) is 5.75 Å². The molecule has 132 valence electrons. The molecule has 0 amide bonds. The van der Waals surface area contributed by atoms with Crippen molar-refractivity contribution in [3.8, 4) is 16.9 Å². The van der Waals surface area contributed by atoms with E-state index in [9.17, 15) is 4.79 Å². The Morgan fingerprint density at radius 3 is 2.11 bits per heavy atom. The molecule has 27 heavy (non-hydrogen) atoms. The number of esters is 1. The summed E-state index contributed by atoms with van der Waals surface area (Å²) < 4.78 is 5.75. The highest BCUT2D eigenvalue weighted by molar-refractivity contribution is 6.08. The first-order valence-electron chi connectivity index (χ1n) is 9.00. The molecule has 0 aliphatic rings. The van der Waals surface area contributed by atoms with Crippen LogP contribution in [0.1, 0.15) is 13.8 Å². The van der Waals surface area contributed by atoms with Crippen LogP contribution in [0.3, 0.4) is 0 Å². The topological polar surface area (TPSA) is 26.3 Å². The predicted molar refractivity (Wildman–Crippen MR) is 112 cm³/mol. The summed E-state index contributed by atoms with van der Waals surface area (Å²) in [6.45, 7) is 3.76. The minimum Gasteiger partial charge on any atom is -0.423 e. The summed E-state index contributed by atoms with van der Waals surface area (Å²) in [5, 5.41) is 4.47. The van der Waals surface area contributed by atoms with Crippen LogP contribution in [-0.4, -0.2) is 5.97 Å². The lowest BCUT2D eigenvalue weighted by atomic mass is 9.93. The quantitative estimate of drug-likeness (QED) is 0.238. The highest BCUT2D eigenvalue weighted by Gasteiger charge is 2.15. The summed E-state index contributed by atoms with van der Waals surface area (Å²) in [5.74, 6) is 0.222. The molecule has 0 spiro atoms. The monoisotopic (exact) mass is 352 g/mol. The first kappa shape index (κ1) is 17.0. The second-order valence-corrected chi connectivity index (χ2v) is 6.83. The number of carbonyl (C=O) groups excluding carboxylic acids is 1. The zero-order valence-electron chi connectivity index (χ0n) is 15.4. The minimum absolute atomic E-state index is 0.355. The molecule has 0 aromatic heterocycles. The second kappa shape index (κ2) is 7.08. The summed E-state index contributed by atoms with van der Waals surface area (Å²) in [5.41, 5.74) is 2.91. The normalized spacial score (nSPS) is 10.7. The second-order valence-electron chi connectivity index (χ2n) is 6.83. The lowest BCUT2D eigenvalue weighted by molar-refractivity contribution is -0.129. The van der Waals surface area contributed by atoms with Crippen molar-refractivity contribution in [1.29, 1.82) is 0 Å². The Hall–Kier alpha value is -3.39. The Bertz CT molecular complexity index is 1180. The van der Waals surface area contributed by atoms with Crippen LogP contribution in [0.4, 0.5) is 0 Å². The van der Waals surface area contributed by atoms with Crippen LogP contribution in [0.15, 0.2) is 90.5 Å². The fourth-order valence-corrected chi connectivity index (χ4v) is 3.43. The molecule has 0 saturated carbocycles. The van der Waals surface area contributed by atoms with Crippen LogP contribution in [-0.2, 0) is 4.79 Å². The van der Waals surface area contributed by atoms with Gasteiger partial charge in [-0.05, 0) is 47.0 Å². The van der Waals surface area contributed by atoms with E-state index in [4.69, 9.17) is 4.74 Å². The van der Waals surface area contributed by atoms with Crippen molar-refractivity contribution in [1.82, 2.24) is 0 Å². The molecule has 2 nitrogen and oxygen atoms in total. The van der Waals surface area contributed by atoms with Gasteiger partial charge < -0.3 is 4.74 Å². The number of carbonyl (C=O) groups is 1. The van der Waals surface area contributed by atoms with Gasteiger partial charge in [-0.2, -0.15) is 0 Å². The lowest BCUT2D eigenvalue weighted by Crippen LogP contribution is -2.06. The van der Waals surface area contributed by atoms with Gasteiger partial charge in [-0.15, -0.1) is 0 Å². The molecule has 2 heteroatoms. The van der Waals surface area contributed by atoms with Gasteiger partial charge >= 0.3 is 5.97 Å². The third kappa shape index (κ3) is 3.34. The van der Waals surface area contributed by atoms with Gasteiger partial charge in [0.1, 0.15) is 5.75 Å². The van der Waals surface area contributed by atoms with E-state index in [1.165, 1.54) is 6.08 Å². The van der Waals surface area contributed by atoms with Crippen molar-refractivity contribution < 1.29 is 9.53 Å². The van der Waals surface area contributed by atoms with Gasteiger partial charge in [0.05, 0.1) is 0 Å². The van der Waals surface area contributed by atoms with Crippen LogP contribution in [0.2, 0.25) is 0 Å². The van der Waals surface area contributed by atoms with Gasteiger partial charge in [-0.3, -0.25) is 0 Å². The lowest BCUT2D eigenvalue weighted by Gasteiger charge is -2.15. The third-order valence-corrected chi connectivity index (χ3v) is 4.57. The Balaban J connectivity index is 2.00. The zero-order valence-corrected chi connectivity index (χ0v) is 15.4. The third-order valence-electron chi connectivity index (χ3n) is 4.57. The number of benzene rings is 4. The van der Waals surface area contributed by atoms with E-state index in [1.54, 1.807) is 0 Å². The van der Waals surface area contributed by atoms with Crippen LogP contribution < -0.4 is 4.74 Å². The zero-order chi connectivity index (χ0) is 18.8. The van der Waals surface area contributed by atoms with Gasteiger partial charge in [-0.1, -0.05) is 78.4 Å². The van der Waals surface area contributed by atoms with E-state index in [2.05, 4.69) is 36.4 Å². The number of fused-ring (bicyclic) bond motifs is 2. The molecular weight excluding hydrogens is 332 g/mol. The summed E-state index contributed by atoms with van der Waals surface area (Å²) in [7, 11) is 0. The highest BCUT2D eigenvalue weighted by Crippen LogP contribution is 2.40. The maximum atomic E-state index is 12.3. The highest BCUT2D eigenvalue weighted by atomic mass is 16.5. The standard InChI is InChI=1S/C25H20O2/c1-17(2)16-24(26)27-23-15-14-19-9-4-6-12-21(19)25(23)22-13-7-10-18-8-3-5-11-20(18)22/h3-16H,1-2H3. The Kier molecular flexibility index (Phi) is 4.47. The SMILES string of the molecule is CC(C)=CC(=O)Oc1ccc2ccccc2c1-c1cccc2ccccc12. The van der Waals surface area contributed by atoms with E-state index >= 15 is 0 Å². The van der Waals surface area contributed by atoms with E-state index in [1.807, 2.05) is 56.3 Å². The molecule has 0 radical (unpaired) electrons. The molecule has 0 fully saturated rings. The maximum Gasteiger partial charge on any atom is 0.336 e. The van der Waals surface area contributed by atoms with Crippen molar-refractivity contribution in [2.75, 3.05) is 0 Å². The molecule has 0 bridgehead atoms. The minimum atomic E-state index is -0.355. The number of rotatable bonds is 3. The van der Waals surface area contributed by atoms with Crippen molar-refractivity contribution >= 4 is 27.5 Å². The van der Waals surface area contributed by atoms with Crippen LogP contribution >= 0.6 is 0 Å². The summed E-state index contributed by atoms with van der Waals surface area (Å²) >= 11 is 0. The van der Waals surface area contributed by atoms with Gasteiger partial charge in [0.15, 0.2) is 0 Å². The van der Waals surface area contributed by atoms with E-state index in [0.717, 1.165) is 38.2 Å². The first-order chi connectivity index (χ1) is 13.1. The smallest absolute Gasteiger partial charge is 0.336 e. The van der Waals surface area contributed by atoms with Crippen molar-refractivity contribution in [3.63, 3.8) is 0 Å².